The number of nitrogens with one attached hydrogen (secondary N) is 1. The molecule has 2 rings (SSSR count). The van der Waals surface area contributed by atoms with Gasteiger partial charge in [0.2, 0.25) is 5.75 Å². The normalized spacial score (nSPS) is 16.8. The molecule has 0 bridgehead atoms. The van der Waals surface area contributed by atoms with E-state index in [9.17, 15) is 0 Å². The molecule has 21 heavy (non-hydrogen) atoms. The highest BCUT2D eigenvalue weighted by atomic mass is 16.5. The second-order valence-corrected chi connectivity index (χ2v) is 5.28. The molecule has 1 aliphatic heterocycles. The van der Waals surface area contributed by atoms with Gasteiger partial charge in [0, 0.05) is 12.6 Å². The van der Waals surface area contributed by atoms with Crippen LogP contribution in [0.1, 0.15) is 24.4 Å². The SMILES string of the molecule is CNCC(c1cc(OC)c(OC)c(OC)c1)N1CCCC1. The molecule has 1 N–H and O–H groups in total. The predicted octanol–water partition coefficient (Wildman–Crippen LogP) is 2.07. The zero-order valence-corrected chi connectivity index (χ0v) is 13.4. The van der Waals surface area contributed by atoms with Crippen LogP contribution in [0.2, 0.25) is 0 Å². The van der Waals surface area contributed by atoms with Crippen LogP contribution in [0.3, 0.4) is 0 Å². The van der Waals surface area contributed by atoms with Gasteiger partial charge in [0.25, 0.3) is 0 Å². The fourth-order valence-electron chi connectivity index (χ4n) is 3.00. The van der Waals surface area contributed by atoms with E-state index in [0.29, 0.717) is 23.3 Å². The van der Waals surface area contributed by atoms with E-state index in [4.69, 9.17) is 14.2 Å². The molecule has 1 aromatic carbocycles. The van der Waals surface area contributed by atoms with Crippen molar-refractivity contribution in [2.75, 3.05) is 48.0 Å². The van der Waals surface area contributed by atoms with E-state index in [-0.39, 0.29) is 0 Å². The Morgan fingerprint density at radius 2 is 1.62 bits per heavy atom. The number of ether oxygens (including phenoxy) is 3. The lowest BCUT2D eigenvalue weighted by atomic mass is 10.0. The van der Waals surface area contributed by atoms with Crippen LogP contribution in [0.15, 0.2) is 12.1 Å². The van der Waals surface area contributed by atoms with Crippen molar-refractivity contribution >= 4 is 0 Å². The lowest BCUT2D eigenvalue weighted by Gasteiger charge is -2.28. The first-order valence-electron chi connectivity index (χ1n) is 7.43. The van der Waals surface area contributed by atoms with Crippen molar-refractivity contribution in [3.8, 4) is 17.2 Å². The van der Waals surface area contributed by atoms with Crippen LogP contribution in [0, 0.1) is 0 Å². The quantitative estimate of drug-likeness (QED) is 0.834. The Hall–Kier alpha value is -1.46. The molecule has 118 valence electrons. The standard InChI is InChI=1S/C16H26N2O3/c1-17-11-13(18-7-5-6-8-18)12-9-14(19-2)16(21-4)15(10-12)20-3/h9-10,13,17H,5-8,11H2,1-4H3. The molecule has 1 aliphatic rings. The van der Waals surface area contributed by atoms with Gasteiger partial charge in [-0.25, -0.2) is 0 Å². The minimum Gasteiger partial charge on any atom is -0.493 e. The summed E-state index contributed by atoms with van der Waals surface area (Å²) in [7, 11) is 6.93. The molecule has 0 amide bonds. The van der Waals surface area contributed by atoms with Gasteiger partial charge in [-0.1, -0.05) is 0 Å². The van der Waals surface area contributed by atoms with Gasteiger partial charge in [0.15, 0.2) is 11.5 Å². The molecule has 1 atom stereocenters. The summed E-state index contributed by atoms with van der Waals surface area (Å²) in [4.78, 5) is 2.51. The number of hydrogen-bond donors (Lipinski definition) is 1. The van der Waals surface area contributed by atoms with Gasteiger partial charge in [0.1, 0.15) is 0 Å². The Balaban J connectivity index is 2.39. The second-order valence-electron chi connectivity index (χ2n) is 5.28. The largest absolute Gasteiger partial charge is 0.493 e. The molecule has 0 aromatic heterocycles. The van der Waals surface area contributed by atoms with Gasteiger partial charge in [-0.3, -0.25) is 4.90 Å². The Labute approximate surface area is 127 Å². The van der Waals surface area contributed by atoms with Crippen molar-refractivity contribution in [3.63, 3.8) is 0 Å². The minimum atomic E-state index is 0.325. The smallest absolute Gasteiger partial charge is 0.203 e. The molecule has 5 nitrogen and oxygen atoms in total. The van der Waals surface area contributed by atoms with Gasteiger partial charge < -0.3 is 19.5 Å². The predicted molar refractivity (Wildman–Crippen MR) is 83.6 cm³/mol. The van der Waals surface area contributed by atoms with Crippen LogP contribution in [0.25, 0.3) is 0 Å². The highest BCUT2D eigenvalue weighted by molar-refractivity contribution is 5.54. The van der Waals surface area contributed by atoms with Gasteiger partial charge >= 0.3 is 0 Å². The molecule has 0 saturated carbocycles. The fourth-order valence-corrected chi connectivity index (χ4v) is 3.00. The maximum Gasteiger partial charge on any atom is 0.203 e. The Morgan fingerprint density at radius 3 is 2.05 bits per heavy atom. The second kappa shape index (κ2) is 7.52. The number of hydrogen-bond acceptors (Lipinski definition) is 5. The molecular formula is C16H26N2O3. The first-order valence-corrected chi connectivity index (χ1v) is 7.43. The fraction of sp³-hybridized carbons (Fsp3) is 0.625. The first-order chi connectivity index (χ1) is 10.2. The average molecular weight is 294 g/mol. The number of nitrogens with zero attached hydrogens (tertiary/aromatic N) is 1. The third-order valence-corrected chi connectivity index (χ3v) is 4.05. The van der Waals surface area contributed by atoms with Crippen LogP contribution >= 0.6 is 0 Å². The van der Waals surface area contributed by atoms with Gasteiger partial charge in [0.05, 0.1) is 21.3 Å². The molecule has 1 aromatic rings. The van der Waals surface area contributed by atoms with E-state index >= 15 is 0 Å². The topological polar surface area (TPSA) is 43.0 Å². The highest BCUT2D eigenvalue weighted by Crippen LogP contribution is 2.40. The van der Waals surface area contributed by atoms with E-state index in [2.05, 4.69) is 22.3 Å². The van der Waals surface area contributed by atoms with Crippen molar-refractivity contribution in [1.29, 1.82) is 0 Å². The van der Waals surface area contributed by atoms with Crippen LogP contribution in [-0.4, -0.2) is 52.9 Å². The molecular weight excluding hydrogens is 268 g/mol. The Kier molecular flexibility index (Phi) is 5.70. The molecule has 0 radical (unpaired) electrons. The van der Waals surface area contributed by atoms with Crippen molar-refractivity contribution in [2.24, 2.45) is 0 Å². The summed E-state index contributed by atoms with van der Waals surface area (Å²) < 4.78 is 16.3. The van der Waals surface area contributed by atoms with Crippen molar-refractivity contribution < 1.29 is 14.2 Å². The van der Waals surface area contributed by atoms with Crippen LogP contribution in [0.5, 0.6) is 17.2 Å². The number of methoxy groups -OCH3 is 3. The molecule has 1 unspecified atom stereocenters. The van der Waals surface area contributed by atoms with Crippen LogP contribution in [0.4, 0.5) is 0 Å². The third kappa shape index (κ3) is 3.41. The molecule has 1 fully saturated rings. The lowest BCUT2D eigenvalue weighted by molar-refractivity contribution is 0.240. The molecule has 5 heteroatoms. The highest BCUT2D eigenvalue weighted by Gasteiger charge is 2.25. The summed E-state index contributed by atoms with van der Waals surface area (Å²) in [6.45, 7) is 3.19. The molecule has 1 heterocycles. The van der Waals surface area contributed by atoms with Gasteiger partial charge in [-0.05, 0) is 50.7 Å². The van der Waals surface area contributed by atoms with Crippen molar-refractivity contribution in [2.45, 2.75) is 18.9 Å². The van der Waals surface area contributed by atoms with Crippen LogP contribution < -0.4 is 19.5 Å². The molecule has 0 aliphatic carbocycles. The van der Waals surface area contributed by atoms with E-state index in [1.165, 1.54) is 18.4 Å². The molecule has 1 saturated heterocycles. The van der Waals surface area contributed by atoms with E-state index in [1.807, 2.05) is 7.05 Å². The maximum absolute atomic E-state index is 5.47. The summed E-state index contributed by atoms with van der Waals surface area (Å²) in [6.07, 6.45) is 2.54. The zero-order chi connectivity index (χ0) is 15.2. The van der Waals surface area contributed by atoms with E-state index in [1.54, 1.807) is 21.3 Å². The van der Waals surface area contributed by atoms with Gasteiger partial charge in [-0.2, -0.15) is 0 Å². The average Bonchev–Trinajstić information content (AvgIpc) is 3.05. The summed E-state index contributed by atoms with van der Waals surface area (Å²) in [6, 6.07) is 4.44. The summed E-state index contributed by atoms with van der Waals surface area (Å²) in [5, 5.41) is 3.29. The minimum absolute atomic E-state index is 0.325. The number of likely N-dealkylation sites (tertiary alicyclic amines) is 1. The number of benzene rings is 1. The number of rotatable bonds is 7. The number of likely N-dealkylation sites (N-methyl/N-ethyl adjacent to an activating group) is 1. The third-order valence-electron chi connectivity index (χ3n) is 4.05. The zero-order valence-electron chi connectivity index (χ0n) is 13.4. The molecule has 0 spiro atoms. The lowest BCUT2D eigenvalue weighted by Crippen LogP contribution is -2.32. The van der Waals surface area contributed by atoms with E-state index in [0.717, 1.165) is 19.6 Å². The Bertz CT molecular complexity index is 434. The van der Waals surface area contributed by atoms with E-state index < -0.39 is 0 Å². The monoisotopic (exact) mass is 294 g/mol. The van der Waals surface area contributed by atoms with Crippen molar-refractivity contribution in [1.82, 2.24) is 10.2 Å². The summed E-state index contributed by atoms with van der Waals surface area (Å²) in [5.74, 6) is 2.08. The maximum atomic E-state index is 5.47. The Morgan fingerprint density at radius 1 is 1.05 bits per heavy atom. The first kappa shape index (κ1) is 15.9. The summed E-state index contributed by atoms with van der Waals surface area (Å²) in [5.41, 5.74) is 1.20. The van der Waals surface area contributed by atoms with Crippen molar-refractivity contribution in [3.05, 3.63) is 17.7 Å². The van der Waals surface area contributed by atoms with Gasteiger partial charge in [-0.15, -0.1) is 0 Å². The van der Waals surface area contributed by atoms with Crippen LogP contribution in [-0.2, 0) is 0 Å². The summed E-state index contributed by atoms with van der Waals surface area (Å²) >= 11 is 0.